The second kappa shape index (κ2) is 9.90. The highest BCUT2D eigenvalue weighted by atomic mass is 35.5. The highest BCUT2D eigenvalue weighted by Crippen LogP contribution is 2.29. The van der Waals surface area contributed by atoms with E-state index < -0.39 is 5.91 Å². The number of amides is 1. The summed E-state index contributed by atoms with van der Waals surface area (Å²) in [5.74, 6) is 0.607. The second-order valence-electron chi connectivity index (χ2n) is 6.29. The molecule has 0 saturated heterocycles. The SMILES string of the molecule is COc1ccc(C(=O)NCC(=O)c2ccc(OC)c(-c3ccnc(Cl)c3)n2)cc1OC. The van der Waals surface area contributed by atoms with Crippen LogP contribution in [0.2, 0.25) is 5.15 Å². The van der Waals surface area contributed by atoms with Crippen LogP contribution in [0.5, 0.6) is 17.2 Å². The van der Waals surface area contributed by atoms with Crippen LogP contribution in [0.4, 0.5) is 0 Å². The first-order valence-corrected chi connectivity index (χ1v) is 9.55. The van der Waals surface area contributed by atoms with Gasteiger partial charge in [0.15, 0.2) is 17.3 Å². The molecule has 160 valence electrons. The molecule has 2 heterocycles. The number of nitrogens with one attached hydrogen (secondary N) is 1. The Hall–Kier alpha value is -3.65. The van der Waals surface area contributed by atoms with E-state index in [0.717, 1.165) is 0 Å². The third kappa shape index (κ3) is 5.10. The predicted molar refractivity (Wildman–Crippen MR) is 115 cm³/mol. The lowest BCUT2D eigenvalue weighted by atomic mass is 10.1. The minimum absolute atomic E-state index is 0.177. The van der Waals surface area contributed by atoms with Crippen molar-refractivity contribution in [1.82, 2.24) is 15.3 Å². The number of nitrogens with zero attached hydrogens (tertiary/aromatic N) is 2. The van der Waals surface area contributed by atoms with Crippen LogP contribution >= 0.6 is 11.6 Å². The molecule has 1 aromatic carbocycles. The fourth-order valence-electron chi connectivity index (χ4n) is 2.85. The number of rotatable bonds is 8. The van der Waals surface area contributed by atoms with Crippen LogP contribution in [0.25, 0.3) is 11.3 Å². The van der Waals surface area contributed by atoms with Crippen molar-refractivity contribution in [2.24, 2.45) is 0 Å². The Morgan fingerprint density at radius 1 is 0.935 bits per heavy atom. The van der Waals surface area contributed by atoms with Crippen LogP contribution in [-0.2, 0) is 0 Å². The zero-order valence-electron chi connectivity index (χ0n) is 17.1. The largest absolute Gasteiger partial charge is 0.494 e. The van der Waals surface area contributed by atoms with Gasteiger partial charge in [-0.3, -0.25) is 9.59 Å². The number of methoxy groups -OCH3 is 3. The lowest BCUT2D eigenvalue weighted by Crippen LogP contribution is -2.30. The Kier molecular flexibility index (Phi) is 7.04. The highest BCUT2D eigenvalue weighted by molar-refractivity contribution is 6.29. The monoisotopic (exact) mass is 441 g/mol. The van der Waals surface area contributed by atoms with Crippen molar-refractivity contribution in [3.05, 3.63) is 65.1 Å². The van der Waals surface area contributed by atoms with Gasteiger partial charge in [-0.2, -0.15) is 0 Å². The first-order chi connectivity index (χ1) is 15.0. The minimum atomic E-state index is -0.427. The molecule has 0 atom stereocenters. The minimum Gasteiger partial charge on any atom is -0.494 e. The molecule has 8 nitrogen and oxygen atoms in total. The Morgan fingerprint density at radius 2 is 1.65 bits per heavy atom. The van der Waals surface area contributed by atoms with E-state index in [1.54, 1.807) is 30.3 Å². The lowest BCUT2D eigenvalue weighted by molar-refractivity contribution is 0.0902. The summed E-state index contributed by atoms with van der Waals surface area (Å²) in [5.41, 5.74) is 1.61. The lowest BCUT2D eigenvalue weighted by Gasteiger charge is -2.11. The number of pyridine rings is 2. The average molecular weight is 442 g/mol. The van der Waals surface area contributed by atoms with Gasteiger partial charge >= 0.3 is 0 Å². The van der Waals surface area contributed by atoms with Crippen molar-refractivity contribution in [3.63, 3.8) is 0 Å². The van der Waals surface area contributed by atoms with Gasteiger partial charge in [-0.15, -0.1) is 0 Å². The van der Waals surface area contributed by atoms with Gasteiger partial charge in [0.05, 0.1) is 27.9 Å². The Balaban J connectivity index is 1.76. The predicted octanol–water partition coefficient (Wildman–Crippen LogP) is 3.44. The second-order valence-corrected chi connectivity index (χ2v) is 6.68. The number of aromatic nitrogens is 2. The zero-order valence-corrected chi connectivity index (χ0v) is 17.9. The first kappa shape index (κ1) is 22.0. The highest BCUT2D eigenvalue weighted by Gasteiger charge is 2.16. The normalized spacial score (nSPS) is 10.3. The number of benzene rings is 1. The summed E-state index contributed by atoms with van der Waals surface area (Å²) < 4.78 is 15.7. The van der Waals surface area contributed by atoms with Gasteiger partial charge in [0.25, 0.3) is 5.91 Å². The molecule has 0 aliphatic rings. The maximum absolute atomic E-state index is 12.7. The molecule has 0 aliphatic heterocycles. The number of hydrogen-bond donors (Lipinski definition) is 1. The van der Waals surface area contributed by atoms with Crippen molar-refractivity contribution in [2.75, 3.05) is 27.9 Å². The van der Waals surface area contributed by atoms with Crippen molar-refractivity contribution in [2.45, 2.75) is 0 Å². The maximum atomic E-state index is 12.7. The molecule has 2 aromatic heterocycles. The standard InChI is InChI=1S/C22H20ClN3O5/c1-29-17-6-4-14(10-19(17)31-3)22(28)25-12-16(27)15-5-7-18(30-2)21(26-15)13-8-9-24-20(23)11-13/h4-11H,12H2,1-3H3,(H,25,28). The number of ether oxygens (including phenoxy) is 3. The van der Waals surface area contributed by atoms with Gasteiger partial charge in [0, 0.05) is 17.3 Å². The molecule has 3 rings (SSSR count). The van der Waals surface area contributed by atoms with Crippen molar-refractivity contribution in [1.29, 1.82) is 0 Å². The third-order valence-electron chi connectivity index (χ3n) is 4.42. The first-order valence-electron chi connectivity index (χ1n) is 9.17. The summed E-state index contributed by atoms with van der Waals surface area (Å²) in [6, 6.07) is 11.2. The van der Waals surface area contributed by atoms with Crippen molar-refractivity contribution >= 4 is 23.3 Å². The summed E-state index contributed by atoms with van der Waals surface area (Å²) in [6.07, 6.45) is 1.54. The summed E-state index contributed by atoms with van der Waals surface area (Å²) in [5, 5.41) is 2.89. The van der Waals surface area contributed by atoms with Gasteiger partial charge in [-0.1, -0.05) is 11.6 Å². The van der Waals surface area contributed by atoms with E-state index in [9.17, 15) is 9.59 Å². The smallest absolute Gasteiger partial charge is 0.251 e. The molecule has 0 radical (unpaired) electrons. The number of carbonyl (C=O) groups is 2. The molecule has 0 spiro atoms. The fourth-order valence-corrected chi connectivity index (χ4v) is 3.03. The van der Waals surface area contributed by atoms with E-state index in [1.807, 2.05) is 0 Å². The molecule has 0 fully saturated rings. The van der Waals surface area contributed by atoms with E-state index in [4.69, 9.17) is 25.8 Å². The number of carbonyl (C=O) groups excluding carboxylic acids is 2. The molecule has 31 heavy (non-hydrogen) atoms. The average Bonchev–Trinajstić information content (AvgIpc) is 2.81. The Labute approximate surface area is 184 Å². The molecule has 1 amide bonds. The van der Waals surface area contributed by atoms with Crippen LogP contribution in [0.3, 0.4) is 0 Å². The van der Waals surface area contributed by atoms with E-state index in [-0.39, 0.29) is 18.0 Å². The Morgan fingerprint density at radius 3 is 2.32 bits per heavy atom. The van der Waals surface area contributed by atoms with Gasteiger partial charge in [-0.05, 0) is 42.5 Å². The molecule has 0 aliphatic carbocycles. The van der Waals surface area contributed by atoms with E-state index in [0.29, 0.717) is 39.2 Å². The van der Waals surface area contributed by atoms with Crippen molar-refractivity contribution < 1.29 is 23.8 Å². The van der Waals surface area contributed by atoms with Crippen LogP contribution in [0.1, 0.15) is 20.8 Å². The van der Waals surface area contributed by atoms with Crippen LogP contribution in [0.15, 0.2) is 48.7 Å². The molecule has 1 N–H and O–H groups in total. The molecule has 9 heteroatoms. The number of Topliss-reactive ketones (excluding diaryl/α,β-unsaturated/α-hetero) is 1. The number of halogens is 1. The summed E-state index contributed by atoms with van der Waals surface area (Å²) in [7, 11) is 4.49. The Bertz CT molecular complexity index is 1120. The number of hydrogen-bond acceptors (Lipinski definition) is 7. The van der Waals surface area contributed by atoms with Gasteiger partial charge in [0.2, 0.25) is 0 Å². The summed E-state index contributed by atoms with van der Waals surface area (Å²) in [4.78, 5) is 33.5. The van der Waals surface area contributed by atoms with E-state index in [2.05, 4.69) is 15.3 Å². The fraction of sp³-hybridized carbons (Fsp3) is 0.182. The molecule has 0 unspecified atom stereocenters. The maximum Gasteiger partial charge on any atom is 0.251 e. The van der Waals surface area contributed by atoms with Crippen molar-refractivity contribution in [3.8, 4) is 28.5 Å². The molecular formula is C22H20ClN3O5. The number of ketones is 1. The summed E-state index contributed by atoms with van der Waals surface area (Å²) >= 11 is 5.97. The van der Waals surface area contributed by atoms with E-state index in [1.165, 1.54) is 39.7 Å². The zero-order chi connectivity index (χ0) is 22.4. The topological polar surface area (TPSA) is 99.6 Å². The van der Waals surface area contributed by atoms with Gasteiger partial charge in [0.1, 0.15) is 22.3 Å². The van der Waals surface area contributed by atoms with E-state index >= 15 is 0 Å². The van der Waals surface area contributed by atoms with Crippen LogP contribution in [0, 0.1) is 0 Å². The van der Waals surface area contributed by atoms with Crippen LogP contribution in [-0.4, -0.2) is 49.5 Å². The van der Waals surface area contributed by atoms with Gasteiger partial charge in [-0.25, -0.2) is 9.97 Å². The molecule has 0 bridgehead atoms. The van der Waals surface area contributed by atoms with Crippen LogP contribution < -0.4 is 19.5 Å². The molecule has 3 aromatic rings. The molecular weight excluding hydrogens is 422 g/mol. The van der Waals surface area contributed by atoms with Gasteiger partial charge < -0.3 is 19.5 Å². The summed E-state index contributed by atoms with van der Waals surface area (Å²) in [6.45, 7) is -0.233. The third-order valence-corrected chi connectivity index (χ3v) is 4.63. The quantitative estimate of drug-likeness (QED) is 0.422. The molecule has 0 saturated carbocycles.